The van der Waals surface area contributed by atoms with Gasteiger partial charge < -0.3 is 5.32 Å². The fraction of sp³-hybridized carbons (Fsp3) is 0.389. The highest BCUT2D eigenvalue weighted by Crippen LogP contribution is 2.34. The van der Waals surface area contributed by atoms with E-state index in [-0.39, 0.29) is 9.94 Å². The van der Waals surface area contributed by atoms with Crippen molar-refractivity contribution in [1.29, 1.82) is 0 Å². The van der Waals surface area contributed by atoms with Crippen LogP contribution in [0.3, 0.4) is 0 Å². The lowest BCUT2D eigenvalue weighted by Crippen LogP contribution is -2.39. The van der Waals surface area contributed by atoms with Gasteiger partial charge in [0.25, 0.3) is 0 Å². The second-order valence-corrected chi connectivity index (χ2v) is 9.00. The quantitative estimate of drug-likeness (QED) is 0.800. The zero-order chi connectivity index (χ0) is 18.1. The average molecular weight is 393 g/mol. The Hall–Kier alpha value is -1.83. The Morgan fingerprint density at radius 2 is 1.92 bits per heavy atom. The average Bonchev–Trinajstić information content (AvgIpc) is 3.04. The highest BCUT2D eigenvalue weighted by Gasteiger charge is 2.44. The molecule has 1 atom stereocenters. The number of rotatable bonds is 3. The standard InChI is InChI=1S/C18H21ClN4O2S/c19-22-12-4-7-16-17(22)18(26(24,25)15-5-2-1-3-6-15)21-23(16)13-14-8-10-20-11-9-14/h1-7,12,14,17,20H,8-11,13H2. The maximum Gasteiger partial charge on any atom is 0.224 e. The van der Waals surface area contributed by atoms with E-state index in [1.54, 1.807) is 36.5 Å². The maximum absolute atomic E-state index is 13.2. The van der Waals surface area contributed by atoms with Crippen LogP contribution in [0.2, 0.25) is 0 Å². The normalized spacial score (nSPS) is 23.7. The minimum absolute atomic E-state index is 0.0863. The molecule has 0 radical (unpaired) electrons. The summed E-state index contributed by atoms with van der Waals surface area (Å²) in [5, 5.41) is 9.80. The van der Waals surface area contributed by atoms with Gasteiger partial charge in [0.05, 0.1) is 10.6 Å². The van der Waals surface area contributed by atoms with Crippen molar-refractivity contribution in [3.63, 3.8) is 0 Å². The summed E-state index contributed by atoms with van der Waals surface area (Å²) >= 11 is 6.34. The third-order valence-corrected chi connectivity index (χ3v) is 7.05. The Balaban J connectivity index is 1.69. The first-order valence-corrected chi connectivity index (χ1v) is 10.6. The van der Waals surface area contributed by atoms with Gasteiger partial charge in [-0.15, -0.1) is 0 Å². The van der Waals surface area contributed by atoms with Gasteiger partial charge in [-0.05, 0) is 56.1 Å². The SMILES string of the molecule is O=S(=O)(C1=NN(CC2CCNCC2)C2=CC=CN(Cl)C21)c1ccccc1. The van der Waals surface area contributed by atoms with Crippen molar-refractivity contribution >= 4 is 26.7 Å². The van der Waals surface area contributed by atoms with Crippen LogP contribution in [-0.4, -0.2) is 48.6 Å². The molecule has 0 amide bonds. The van der Waals surface area contributed by atoms with Crippen LogP contribution in [-0.2, 0) is 9.84 Å². The van der Waals surface area contributed by atoms with E-state index in [1.165, 1.54) is 4.42 Å². The number of sulfone groups is 1. The monoisotopic (exact) mass is 392 g/mol. The summed E-state index contributed by atoms with van der Waals surface area (Å²) < 4.78 is 27.7. The van der Waals surface area contributed by atoms with Crippen molar-refractivity contribution < 1.29 is 8.42 Å². The molecule has 6 nitrogen and oxygen atoms in total. The maximum atomic E-state index is 13.2. The van der Waals surface area contributed by atoms with Gasteiger partial charge in [-0.25, -0.2) is 8.42 Å². The molecule has 1 fully saturated rings. The lowest BCUT2D eigenvalue weighted by atomic mass is 9.97. The largest absolute Gasteiger partial charge is 0.317 e. The van der Waals surface area contributed by atoms with Crippen LogP contribution in [0.1, 0.15) is 12.8 Å². The van der Waals surface area contributed by atoms with E-state index in [9.17, 15) is 8.42 Å². The lowest BCUT2D eigenvalue weighted by molar-refractivity contribution is 0.253. The minimum Gasteiger partial charge on any atom is -0.317 e. The molecule has 138 valence electrons. The Kier molecular flexibility index (Phi) is 4.77. The molecule has 8 heteroatoms. The molecule has 0 aliphatic carbocycles. The molecule has 3 aliphatic rings. The summed E-state index contributed by atoms with van der Waals surface area (Å²) in [6.07, 6.45) is 7.51. The number of nitrogens with zero attached hydrogens (tertiary/aromatic N) is 3. The Bertz CT molecular complexity index is 860. The van der Waals surface area contributed by atoms with Crippen molar-refractivity contribution in [1.82, 2.24) is 14.7 Å². The molecule has 1 unspecified atom stereocenters. The molecule has 0 spiro atoms. The third-order valence-electron chi connectivity index (χ3n) is 4.99. The van der Waals surface area contributed by atoms with Gasteiger partial charge in [-0.3, -0.25) is 9.43 Å². The van der Waals surface area contributed by atoms with Crippen LogP contribution >= 0.6 is 11.8 Å². The van der Waals surface area contributed by atoms with Gasteiger partial charge in [-0.2, -0.15) is 5.10 Å². The van der Waals surface area contributed by atoms with Crippen LogP contribution in [0.25, 0.3) is 0 Å². The van der Waals surface area contributed by atoms with E-state index in [1.807, 2.05) is 17.2 Å². The van der Waals surface area contributed by atoms with Crippen molar-refractivity contribution in [2.75, 3.05) is 19.6 Å². The van der Waals surface area contributed by atoms with Gasteiger partial charge in [0, 0.05) is 24.5 Å². The molecule has 1 N–H and O–H groups in total. The zero-order valence-corrected chi connectivity index (χ0v) is 15.8. The Labute approximate surface area is 158 Å². The number of halogens is 1. The van der Waals surface area contributed by atoms with Gasteiger partial charge in [-0.1, -0.05) is 18.2 Å². The van der Waals surface area contributed by atoms with Crippen LogP contribution in [0, 0.1) is 5.92 Å². The number of piperidine rings is 1. The minimum atomic E-state index is -3.72. The highest BCUT2D eigenvalue weighted by molar-refractivity contribution is 8.06. The molecule has 0 aromatic heterocycles. The van der Waals surface area contributed by atoms with Crippen molar-refractivity contribution in [2.24, 2.45) is 11.0 Å². The summed E-state index contributed by atoms with van der Waals surface area (Å²) in [5.74, 6) is 0.481. The summed E-state index contributed by atoms with van der Waals surface area (Å²) in [4.78, 5) is 0.237. The predicted molar refractivity (Wildman–Crippen MR) is 102 cm³/mol. The number of allylic oxidation sites excluding steroid dienone is 2. The van der Waals surface area contributed by atoms with Gasteiger partial charge in [0.1, 0.15) is 6.04 Å². The van der Waals surface area contributed by atoms with E-state index in [0.717, 1.165) is 31.6 Å². The topological polar surface area (TPSA) is 65.0 Å². The van der Waals surface area contributed by atoms with Crippen molar-refractivity contribution in [3.8, 4) is 0 Å². The number of nitrogens with one attached hydrogen (secondary N) is 1. The molecule has 4 rings (SSSR count). The van der Waals surface area contributed by atoms with E-state index >= 15 is 0 Å². The smallest absolute Gasteiger partial charge is 0.224 e. The predicted octanol–water partition coefficient (Wildman–Crippen LogP) is 2.32. The van der Waals surface area contributed by atoms with Gasteiger partial charge in [0.2, 0.25) is 9.84 Å². The molecule has 26 heavy (non-hydrogen) atoms. The van der Waals surface area contributed by atoms with E-state index < -0.39 is 15.9 Å². The van der Waals surface area contributed by atoms with Crippen LogP contribution in [0.5, 0.6) is 0 Å². The molecular formula is C18H21ClN4O2S. The second kappa shape index (κ2) is 7.06. The van der Waals surface area contributed by atoms with Crippen LogP contribution < -0.4 is 5.32 Å². The molecule has 3 heterocycles. The molecule has 0 saturated carbocycles. The summed E-state index contributed by atoms with van der Waals surface area (Å²) in [5.41, 5.74) is 0.815. The number of hydrogen-bond acceptors (Lipinski definition) is 6. The molecule has 0 bridgehead atoms. The van der Waals surface area contributed by atoms with Gasteiger partial charge >= 0.3 is 0 Å². The Morgan fingerprint density at radius 1 is 1.19 bits per heavy atom. The van der Waals surface area contributed by atoms with Crippen molar-refractivity contribution in [3.05, 3.63) is 54.4 Å². The lowest BCUT2D eigenvalue weighted by Gasteiger charge is -2.30. The summed E-state index contributed by atoms with van der Waals surface area (Å²) in [7, 11) is -3.72. The fourth-order valence-electron chi connectivity index (χ4n) is 3.59. The van der Waals surface area contributed by atoms with Crippen LogP contribution in [0.15, 0.2) is 64.4 Å². The van der Waals surface area contributed by atoms with Crippen molar-refractivity contribution in [2.45, 2.75) is 23.8 Å². The molecule has 1 saturated heterocycles. The number of benzene rings is 1. The fourth-order valence-corrected chi connectivity index (χ4v) is 5.40. The molecule has 3 aliphatic heterocycles. The molecule has 1 aromatic carbocycles. The summed E-state index contributed by atoms with van der Waals surface area (Å²) in [6, 6.07) is 7.81. The first-order valence-electron chi connectivity index (χ1n) is 8.77. The number of fused-ring (bicyclic) bond motifs is 1. The number of hydrogen-bond donors (Lipinski definition) is 1. The van der Waals surface area contributed by atoms with Gasteiger partial charge in [0.15, 0.2) is 5.04 Å². The Morgan fingerprint density at radius 3 is 2.65 bits per heavy atom. The number of hydrazone groups is 1. The molecule has 1 aromatic rings. The van der Waals surface area contributed by atoms with E-state index in [2.05, 4.69) is 10.4 Å². The van der Waals surface area contributed by atoms with E-state index in [4.69, 9.17) is 11.8 Å². The first kappa shape index (κ1) is 17.6. The molecular weight excluding hydrogens is 372 g/mol. The summed E-state index contributed by atoms with van der Waals surface area (Å²) in [6.45, 7) is 2.68. The first-order chi connectivity index (χ1) is 12.6. The second-order valence-electron chi connectivity index (χ2n) is 6.71. The third kappa shape index (κ3) is 3.15. The highest BCUT2D eigenvalue weighted by atomic mass is 35.5. The van der Waals surface area contributed by atoms with Crippen LogP contribution in [0.4, 0.5) is 0 Å². The van der Waals surface area contributed by atoms with E-state index in [0.29, 0.717) is 12.5 Å². The zero-order valence-electron chi connectivity index (χ0n) is 14.3.